The van der Waals surface area contributed by atoms with Gasteiger partial charge in [-0.15, -0.1) is 0 Å². The molecule has 390 valence electrons. The third-order valence-corrected chi connectivity index (χ3v) is 18.2. The third-order valence-electron chi connectivity index (χ3n) is 18.2. The van der Waals surface area contributed by atoms with Gasteiger partial charge in [-0.3, -0.25) is 4.79 Å². The summed E-state index contributed by atoms with van der Waals surface area (Å²) in [6.07, 6.45) is 39.4. The minimum Gasteiger partial charge on any atom is -0.465 e. The van der Waals surface area contributed by atoms with Crippen LogP contribution in [0.25, 0.3) is 0 Å². The summed E-state index contributed by atoms with van der Waals surface area (Å²) in [6, 6.07) is 0. The monoisotopic (exact) mass is 939 g/mol. The van der Waals surface area contributed by atoms with E-state index in [-0.39, 0.29) is 23.4 Å². The Balaban J connectivity index is 1.07. The molecule has 7 nitrogen and oxygen atoms in total. The van der Waals surface area contributed by atoms with Gasteiger partial charge in [-0.25, -0.2) is 4.79 Å². The molecule has 0 amide bonds. The van der Waals surface area contributed by atoms with E-state index in [9.17, 15) is 9.59 Å². The van der Waals surface area contributed by atoms with Gasteiger partial charge in [0.2, 0.25) is 0 Å². The molecule has 0 aromatic heterocycles. The second-order valence-electron chi connectivity index (χ2n) is 24.1. The molecule has 4 aliphatic rings. The number of hydrogen-bond donors (Lipinski definition) is 0. The SMILES string of the molecule is CCCCCCCCC(CCCCCC)C(=O)OCCCCCCN(CCCCCCOC(=O)O[C@H]1CC[C@@]2(C)C(=CC[C@H]3[C@@H]4CC[C@H]([C@H](C)CCCC(C)C)[C@@]4(C)CC[C@@H]32)C1)CCN(C)C. The maximum Gasteiger partial charge on any atom is 0.508 e. The fraction of sp³-hybridized carbons (Fsp3) is 0.933. The first-order chi connectivity index (χ1) is 32.3. The molecule has 9 atom stereocenters. The number of nitrogens with zero attached hydrogens (tertiary/aromatic N) is 2. The number of carbonyl (C=O) groups is 2. The molecular formula is C60H110N2O5. The van der Waals surface area contributed by atoms with E-state index in [1.165, 1.54) is 122 Å². The maximum absolute atomic E-state index is 13.1. The number of unbranched alkanes of at least 4 members (excludes halogenated alkanes) is 14. The summed E-state index contributed by atoms with van der Waals surface area (Å²) < 4.78 is 17.5. The van der Waals surface area contributed by atoms with Crippen LogP contribution in [0.3, 0.4) is 0 Å². The minimum atomic E-state index is -0.464. The van der Waals surface area contributed by atoms with Gasteiger partial charge in [-0.1, -0.05) is 169 Å². The van der Waals surface area contributed by atoms with Gasteiger partial charge in [0.25, 0.3) is 0 Å². The Bertz CT molecular complexity index is 1380. The van der Waals surface area contributed by atoms with Gasteiger partial charge < -0.3 is 24.0 Å². The third kappa shape index (κ3) is 19.5. The minimum absolute atomic E-state index is 0.0485. The zero-order valence-corrected chi connectivity index (χ0v) is 45.8. The molecule has 7 heteroatoms. The van der Waals surface area contributed by atoms with Crippen LogP contribution in [0.5, 0.6) is 0 Å². The standard InChI is InChI=1S/C60H110N2O5/c1-10-12-14-16-17-23-32-50(31-22-15-13-11-2)57(63)65-45-26-20-18-24-41-62(44-43-61(8)9)42-25-19-21-27-46-66-58(64)67-52-37-39-59(6)51(47-52)33-34-53-55-36-35-54(49(5)30-28-29-48(3)4)60(55,7)40-38-56(53)59/h33,48-50,52-56H,10-32,34-47H2,1-9H3/t49-,50?,52+,53+,54-,55+,56+,59+,60-/m1/s1. The lowest BCUT2D eigenvalue weighted by atomic mass is 9.47. The van der Waals surface area contributed by atoms with E-state index >= 15 is 0 Å². The molecule has 3 saturated carbocycles. The molecule has 0 spiro atoms. The number of likely N-dealkylation sites (N-methyl/N-ethyl adjacent to an activating group) is 1. The van der Waals surface area contributed by atoms with E-state index in [0.717, 1.165) is 139 Å². The van der Waals surface area contributed by atoms with Gasteiger partial charge in [0.05, 0.1) is 19.1 Å². The zero-order valence-electron chi connectivity index (χ0n) is 45.8. The summed E-state index contributed by atoms with van der Waals surface area (Å²) in [4.78, 5) is 30.9. The first kappa shape index (κ1) is 58.0. The van der Waals surface area contributed by atoms with Crippen LogP contribution >= 0.6 is 0 Å². The molecule has 0 aromatic carbocycles. The van der Waals surface area contributed by atoms with Gasteiger partial charge in [-0.2, -0.15) is 0 Å². The molecule has 0 aliphatic heterocycles. The van der Waals surface area contributed by atoms with Gasteiger partial charge in [0, 0.05) is 19.5 Å². The first-order valence-corrected chi connectivity index (χ1v) is 29.4. The highest BCUT2D eigenvalue weighted by molar-refractivity contribution is 5.72. The van der Waals surface area contributed by atoms with E-state index < -0.39 is 6.16 Å². The van der Waals surface area contributed by atoms with Gasteiger partial charge in [0.1, 0.15) is 6.10 Å². The molecule has 3 fully saturated rings. The summed E-state index contributed by atoms with van der Waals surface area (Å²) in [5, 5.41) is 0. The lowest BCUT2D eigenvalue weighted by molar-refractivity contribution is -0.149. The van der Waals surface area contributed by atoms with Crippen LogP contribution in [-0.4, -0.2) is 81.5 Å². The van der Waals surface area contributed by atoms with Crippen molar-refractivity contribution in [3.63, 3.8) is 0 Å². The van der Waals surface area contributed by atoms with E-state index in [1.54, 1.807) is 5.57 Å². The van der Waals surface area contributed by atoms with Crippen LogP contribution in [0.2, 0.25) is 0 Å². The Morgan fingerprint density at radius 2 is 1.25 bits per heavy atom. The molecule has 67 heavy (non-hydrogen) atoms. The average Bonchev–Trinajstić information content (AvgIpc) is 3.66. The van der Waals surface area contributed by atoms with Crippen molar-refractivity contribution in [3.05, 3.63) is 11.6 Å². The fourth-order valence-electron chi connectivity index (χ4n) is 14.0. The zero-order chi connectivity index (χ0) is 48.5. The van der Waals surface area contributed by atoms with Crippen molar-refractivity contribution in [2.75, 3.05) is 53.5 Å². The molecule has 0 radical (unpaired) electrons. The van der Waals surface area contributed by atoms with Gasteiger partial charge in [-0.05, 0) is 157 Å². The number of esters is 1. The molecular weight excluding hydrogens is 829 g/mol. The smallest absolute Gasteiger partial charge is 0.465 e. The Hall–Kier alpha value is -1.60. The van der Waals surface area contributed by atoms with Crippen molar-refractivity contribution in [2.24, 2.45) is 52.3 Å². The summed E-state index contributed by atoms with van der Waals surface area (Å²) in [6.45, 7) is 22.5. The molecule has 4 aliphatic carbocycles. The second kappa shape index (κ2) is 31.7. The normalized spacial score (nSPS) is 26.8. The van der Waals surface area contributed by atoms with E-state index in [2.05, 4.69) is 78.4 Å². The van der Waals surface area contributed by atoms with Crippen LogP contribution in [-0.2, 0) is 19.0 Å². The molecule has 0 bridgehead atoms. The highest BCUT2D eigenvalue weighted by atomic mass is 16.7. The molecule has 4 rings (SSSR count). The van der Waals surface area contributed by atoms with Crippen molar-refractivity contribution in [3.8, 4) is 0 Å². The fourth-order valence-corrected chi connectivity index (χ4v) is 14.0. The van der Waals surface area contributed by atoms with Crippen LogP contribution in [0.4, 0.5) is 4.79 Å². The van der Waals surface area contributed by atoms with Crippen molar-refractivity contribution in [1.29, 1.82) is 0 Å². The Labute approximate surface area is 415 Å². The lowest BCUT2D eigenvalue weighted by Crippen LogP contribution is -2.51. The van der Waals surface area contributed by atoms with E-state index in [4.69, 9.17) is 14.2 Å². The van der Waals surface area contributed by atoms with Crippen LogP contribution < -0.4 is 0 Å². The second-order valence-corrected chi connectivity index (χ2v) is 24.1. The highest BCUT2D eigenvalue weighted by Gasteiger charge is 2.59. The van der Waals surface area contributed by atoms with Crippen molar-refractivity contribution >= 4 is 12.1 Å². The summed E-state index contributed by atoms with van der Waals surface area (Å²) in [5.41, 5.74) is 2.35. The number of rotatable bonds is 36. The maximum atomic E-state index is 13.1. The Morgan fingerprint density at radius 3 is 1.91 bits per heavy atom. The largest absolute Gasteiger partial charge is 0.508 e. The van der Waals surface area contributed by atoms with Crippen LogP contribution in [0.15, 0.2) is 11.6 Å². The van der Waals surface area contributed by atoms with Gasteiger partial charge >= 0.3 is 12.1 Å². The first-order valence-electron chi connectivity index (χ1n) is 29.4. The molecule has 0 N–H and O–H groups in total. The number of hydrogen-bond acceptors (Lipinski definition) is 7. The predicted molar refractivity (Wildman–Crippen MR) is 282 cm³/mol. The average molecular weight is 940 g/mol. The lowest BCUT2D eigenvalue weighted by Gasteiger charge is -2.58. The van der Waals surface area contributed by atoms with Crippen LogP contribution in [0.1, 0.15) is 248 Å². The number of fused-ring (bicyclic) bond motifs is 5. The van der Waals surface area contributed by atoms with Gasteiger partial charge in [0.15, 0.2) is 0 Å². The predicted octanol–water partition coefficient (Wildman–Crippen LogP) is 16.4. The molecule has 0 aromatic rings. The molecule has 0 heterocycles. The number of carbonyl (C=O) groups excluding carboxylic acids is 2. The van der Waals surface area contributed by atoms with Crippen molar-refractivity contribution in [2.45, 2.75) is 254 Å². The molecule has 0 saturated heterocycles. The topological polar surface area (TPSA) is 68.3 Å². The number of ether oxygens (including phenoxy) is 3. The Morgan fingerprint density at radius 1 is 0.642 bits per heavy atom. The summed E-state index contributed by atoms with van der Waals surface area (Å²) in [7, 11) is 4.32. The Kier molecular flexibility index (Phi) is 27.4. The highest BCUT2D eigenvalue weighted by Crippen LogP contribution is 2.67. The molecule has 1 unspecified atom stereocenters. The van der Waals surface area contributed by atoms with Crippen molar-refractivity contribution < 1.29 is 23.8 Å². The van der Waals surface area contributed by atoms with Crippen molar-refractivity contribution in [1.82, 2.24) is 9.80 Å². The van der Waals surface area contributed by atoms with E-state index in [1.807, 2.05) is 0 Å². The summed E-state index contributed by atoms with van der Waals surface area (Å²) >= 11 is 0. The summed E-state index contributed by atoms with van der Waals surface area (Å²) in [5.74, 6) is 5.21. The van der Waals surface area contributed by atoms with Crippen LogP contribution in [0, 0.1) is 52.3 Å². The van der Waals surface area contributed by atoms with E-state index in [0.29, 0.717) is 18.6 Å². The number of allylic oxidation sites excluding steroid dienone is 1. The quantitative estimate of drug-likeness (QED) is 0.0352.